The lowest BCUT2D eigenvalue weighted by molar-refractivity contribution is 0.111. The van der Waals surface area contributed by atoms with E-state index in [9.17, 15) is 9.59 Å². The van der Waals surface area contributed by atoms with Crippen LogP contribution in [0.3, 0.4) is 0 Å². The second kappa shape index (κ2) is 9.40. The van der Waals surface area contributed by atoms with Gasteiger partial charge in [0.25, 0.3) is 0 Å². The average molecular weight is 417 g/mol. The quantitative estimate of drug-likeness (QED) is 0.220. The number of carbonyl (C=O) groups is 2. The van der Waals surface area contributed by atoms with Gasteiger partial charge in [-0.25, -0.2) is 0 Å². The Bertz CT molecular complexity index is 1260. The van der Waals surface area contributed by atoms with E-state index in [0.717, 1.165) is 56.4 Å². The van der Waals surface area contributed by atoms with E-state index in [1.807, 2.05) is 86.6 Å². The normalized spacial score (nSPS) is 10.4. The van der Waals surface area contributed by atoms with Crippen LogP contribution in [-0.2, 0) is 0 Å². The molecule has 2 heteroatoms. The van der Waals surface area contributed by atoms with Crippen molar-refractivity contribution in [3.63, 3.8) is 0 Å². The molecule has 0 N–H and O–H groups in total. The Labute approximate surface area is 188 Å². The molecule has 156 valence electrons. The molecule has 0 radical (unpaired) electrons. The Hall–Kier alpha value is -4.04. The maximum absolute atomic E-state index is 11.8. The van der Waals surface area contributed by atoms with Crippen molar-refractivity contribution in [3.05, 3.63) is 108 Å². The fourth-order valence-electron chi connectivity index (χ4n) is 4.36. The lowest BCUT2D eigenvalue weighted by Crippen LogP contribution is -1.95. The van der Waals surface area contributed by atoms with Crippen molar-refractivity contribution in [2.45, 2.75) is 13.8 Å². The monoisotopic (exact) mass is 416 g/mol. The molecule has 0 aliphatic rings. The summed E-state index contributed by atoms with van der Waals surface area (Å²) in [6, 6.07) is 31.8. The van der Waals surface area contributed by atoms with Crippen molar-refractivity contribution >= 4 is 34.1 Å². The standard InChI is InChI=1S/C28H18O2.C2H6/c29-17-19-9-1-3-11-21(19)27-23-13-5-7-15-25(23)28(26-16-8-6-14-24(26)27)22-12-4-2-10-20(22)18-30;1-2/h1-18H;1-2H3. The summed E-state index contributed by atoms with van der Waals surface area (Å²) in [6.45, 7) is 4.00. The van der Waals surface area contributed by atoms with Crippen LogP contribution in [0.25, 0.3) is 43.8 Å². The average Bonchev–Trinajstić information content (AvgIpc) is 2.88. The van der Waals surface area contributed by atoms with Crippen molar-refractivity contribution in [2.24, 2.45) is 0 Å². The molecule has 0 spiro atoms. The molecule has 5 aromatic carbocycles. The van der Waals surface area contributed by atoms with Gasteiger partial charge in [0.15, 0.2) is 12.6 Å². The Morgan fingerprint density at radius 1 is 0.438 bits per heavy atom. The van der Waals surface area contributed by atoms with E-state index in [-0.39, 0.29) is 0 Å². The zero-order valence-electron chi connectivity index (χ0n) is 18.2. The van der Waals surface area contributed by atoms with Gasteiger partial charge in [0.2, 0.25) is 0 Å². The van der Waals surface area contributed by atoms with Crippen LogP contribution < -0.4 is 0 Å². The molecule has 0 saturated carbocycles. The number of hydrogen-bond donors (Lipinski definition) is 0. The van der Waals surface area contributed by atoms with Gasteiger partial charge in [0.1, 0.15) is 0 Å². The third kappa shape index (κ3) is 3.50. The predicted molar refractivity (Wildman–Crippen MR) is 134 cm³/mol. The first-order chi connectivity index (χ1) is 15.8. The number of aldehydes is 2. The first-order valence-corrected chi connectivity index (χ1v) is 10.9. The highest BCUT2D eigenvalue weighted by molar-refractivity contribution is 6.23. The summed E-state index contributed by atoms with van der Waals surface area (Å²) in [6.07, 6.45) is 1.82. The fourth-order valence-corrected chi connectivity index (χ4v) is 4.36. The number of carbonyl (C=O) groups excluding carboxylic acids is 2. The molecule has 0 atom stereocenters. The zero-order valence-corrected chi connectivity index (χ0v) is 18.2. The molecule has 0 saturated heterocycles. The lowest BCUT2D eigenvalue weighted by Gasteiger charge is -2.19. The molecule has 0 aliphatic carbocycles. The molecular weight excluding hydrogens is 392 g/mol. The molecule has 5 aromatic rings. The minimum atomic E-state index is 0.661. The number of benzene rings is 5. The van der Waals surface area contributed by atoms with Crippen molar-refractivity contribution < 1.29 is 9.59 Å². The van der Waals surface area contributed by atoms with Crippen LogP contribution in [0.15, 0.2) is 97.1 Å². The van der Waals surface area contributed by atoms with E-state index in [1.165, 1.54) is 0 Å². The molecule has 0 amide bonds. The van der Waals surface area contributed by atoms with Gasteiger partial charge in [-0.2, -0.15) is 0 Å². The molecule has 0 bridgehead atoms. The predicted octanol–water partition coefficient (Wildman–Crippen LogP) is 7.98. The molecule has 5 rings (SSSR count). The third-order valence-electron chi connectivity index (χ3n) is 5.65. The zero-order chi connectivity index (χ0) is 22.5. The Balaban J connectivity index is 0.00000119. The summed E-state index contributed by atoms with van der Waals surface area (Å²) in [7, 11) is 0. The molecule has 32 heavy (non-hydrogen) atoms. The van der Waals surface area contributed by atoms with Crippen molar-refractivity contribution in [2.75, 3.05) is 0 Å². The van der Waals surface area contributed by atoms with Crippen molar-refractivity contribution in [1.29, 1.82) is 0 Å². The highest BCUT2D eigenvalue weighted by atomic mass is 16.1. The molecule has 2 nitrogen and oxygen atoms in total. The van der Waals surface area contributed by atoms with Gasteiger partial charge in [-0.3, -0.25) is 9.59 Å². The number of fused-ring (bicyclic) bond motifs is 2. The summed E-state index contributed by atoms with van der Waals surface area (Å²) < 4.78 is 0. The molecule has 0 heterocycles. The molecule has 0 fully saturated rings. The minimum Gasteiger partial charge on any atom is -0.298 e. The lowest BCUT2D eigenvalue weighted by atomic mass is 9.84. The van der Waals surface area contributed by atoms with E-state index in [4.69, 9.17) is 0 Å². The summed E-state index contributed by atoms with van der Waals surface area (Å²) in [4.78, 5) is 23.6. The van der Waals surface area contributed by atoms with Gasteiger partial charge in [-0.15, -0.1) is 0 Å². The molecule has 0 aliphatic heterocycles. The molecular formula is C30H24O2. The first-order valence-electron chi connectivity index (χ1n) is 10.9. The van der Waals surface area contributed by atoms with Crippen LogP contribution in [-0.4, -0.2) is 12.6 Å². The second-order valence-corrected chi connectivity index (χ2v) is 7.25. The third-order valence-corrected chi connectivity index (χ3v) is 5.65. The minimum absolute atomic E-state index is 0.661. The number of hydrogen-bond acceptors (Lipinski definition) is 2. The van der Waals surface area contributed by atoms with Crippen LogP contribution in [0.4, 0.5) is 0 Å². The fraction of sp³-hybridized carbons (Fsp3) is 0.0667. The van der Waals surface area contributed by atoms with Crippen LogP contribution in [0.1, 0.15) is 34.6 Å². The highest BCUT2D eigenvalue weighted by Crippen LogP contribution is 2.44. The van der Waals surface area contributed by atoms with Gasteiger partial charge >= 0.3 is 0 Å². The summed E-state index contributed by atoms with van der Waals surface area (Å²) in [5, 5.41) is 4.23. The van der Waals surface area contributed by atoms with E-state index in [0.29, 0.717) is 11.1 Å². The van der Waals surface area contributed by atoms with Crippen LogP contribution in [0, 0.1) is 0 Å². The second-order valence-electron chi connectivity index (χ2n) is 7.25. The van der Waals surface area contributed by atoms with Crippen LogP contribution in [0.2, 0.25) is 0 Å². The van der Waals surface area contributed by atoms with Crippen molar-refractivity contribution in [3.8, 4) is 22.3 Å². The molecule has 0 unspecified atom stereocenters. The van der Waals surface area contributed by atoms with Gasteiger partial charge in [-0.05, 0) is 43.8 Å². The van der Waals surface area contributed by atoms with Gasteiger partial charge in [0.05, 0.1) is 0 Å². The summed E-state index contributed by atoms with van der Waals surface area (Å²) >= 11 is 0. The summed E-state index contributed by atoms with van der Waals surface area (Å²) in [5.41, 5.74) is 5.22. The van der Waals surface area contributed by atoms with E-state index in [2.05, 4.69) is 24.3 Å². The maximum Gasteiger partial charge on any atom is 0.150 e. The first kappa shape index (κ1) is 21.2. The van der Waals surface area contributed by atoms with Crippen LogP contribution >= 0.6 is 0 Å². The topological polar surface area (TPSA) is 34.1 Å². The SMILES string of the molecule is CC.O=Cc1ccccc1-c1c2ccccc2c(-c2ccccc2C=O)c2ccccc12. The van der Waals surface area contributed by atoms with Crippen LogP contribution in [0.5, 0.6) is 0 Å². The highest BCUT2D eigenvalue weighted by Gasteiger charge is 2.18. The van der Waals surface area contributed by atoms with Gasteiger partial charge in [-0.1, -0.05) is 111 Å². The van der Waals surface area contributed by atoms with Gasteiger partial charge < -0.3 is 0 Å². The Morgan fingerprint density at radius 2 is 0.719 bits per heavy atom. The maximum atomic E-state index is 11.8. The van der Waals surface area contributed by atoms with Crippen molar-refractivity contribution in [1.82, 2.24) is 0 Å². The number of rotatable bonds is 4. The van der Waals surface area contributed by atoms with E-state index < -0.39 is 0 Å². The largest absolute Gasteiger partial charge is 0.298 e. The van der Waals surface area contributed by atoms with E-state index in [1.54, 1.807) is 0 Å². The Kier molecular flexibility index (Phi) is 6.23. The van der Waals surface area contributed by atoms with E-state index >= 15 is 0 Å². The van der Waals surface area contributed by atoms with Gasteiger partial charge in [0, 0.05) is 11.1 Å². The summed E-state index contributed by atoms with van der Waals surface area (Å²) in [5.74, 6) is 0. The Morgan fingerprint density at radius 3 is 1.03 bits per heavy atom. The molecule has 0 aromatic heterocycles. The smallest absolute Gasteiger partial charge is 0.150 e.